The number of nitrogens with zero attached hydrogens (tertiary/aromatic N) is 5. The maximum atomic E-state index is 12.0. The summed E-state index contributed by atoms with van der Waals surface area (Å²) in [4.78, 5) is 16.2. The third-order valence-corrected chi connectivity index (χ3v) is 6.37. The van der Waals surface area contributed by atoms with Crippen molar-refractivity contribution in [1.29, 1.82) is 0 Å². The molecule has 1 amide bonds. The first-order valence-corrected chi connectivity index (χ1v) is 10.2. The number of hydrogen-bond acceptors (Lipinski definition) is 4. The van der Waals surface area contributed by atoms with Gasteiger partial charge in [-0.3, -0.25) is 14.6 Å². The predicted octanol–water partition coefficient (Wildman–Crippen LogP) is 3.28. The number of carbonyl (C=O) groups is 1. The van der Waals surface area contributed by atoms with Gasteiger partial charge in [0.15, 0.2) is 5.82 Å². The Morgan fingerprint density at radius 2 is 2.14 bits per heavy atom. The van der Waals surface area contributed by atoms with Crippen molar-refractivity contribution < 1.29 is 4.79 Å². The number of carbonyl (C=O) groups excluding carboxylic acids is 1. The van der Waals surface area contributed by atoms with E-state index >= 15 is 0 Å². The zero-order chi connectivity index (χ0) is 20.3. The lowest BCUT2D eigenvalue weighted by Crippen LogP contribution is -2.35. The lowest BCUT2D eigenvalue weighted by atomic mass is 9.98. The van der Waals surface area contributed by atoms with Gasteiger partial charge in [0, 0.05) is 68.1 Å². The number of nitrogens with one attached hydrogen (secondary N) is 1. The molecular formula is C22H26N6O. The van der Waals surface area contributed by atoms with Crippen molar-refractivity contribution in [2.75, 3.05) is 18.0 Å². The quantitative estimate of drug-likeness (QED) is 0.729. The van der Waals surface area contributed by atoms with Crippen LogP contribution < -0.4 is 4.90 Å². The zero-order valence-corrected chi connectivity index (χ0v) is 17.4. The first-order valence-electron chi connectivity index (χ1n) is 10.2. The fourth-order valence-electron chi connectivity index (χ4n) is 4.74. The van der Waals surface area contributed by atoms with Crippen LogP contribution in [-0.4, -0.2) is 43.9 Å². The van der Waals surface area contributed by atoms with Crippen LogP contribution in [0.3, 0.4) is 0 Å². The molecule has 1 unspecified atom stereocenters. The largest absolute Gasteiger partial charge is 0.338 e. The Kier molecular flexibility index (Phi) is 4.01. The number of fused-ring (bicyclic) bond motifs is 2. The molecule has 3 aromatic rings. The van der Waals surface area contributed by atoms with Crippen LogP contribution >= 0.6 is 0 Å². The smallest absolute Gasteiger partial charge is 0.219 e. The second-order valence-corrected chi connectivity index (χ2v) is 8.23. The number of aromatic amines is 1. The van der Waals surface area contributed by atoms with Crippen LogP contribution in [0.4, 0.5) is 11.5 Å². The molecule has 0 radical (unpaired) electrons. The molecule has 5 rings (SSSR count). The van der Waals surface area contributed by atoms with E-state index in [0.29, 0.717) is 12.5 Å². The van der Waals surface area contributed by atoms with Crippen molar-refractivity contribution in [1.82, 2.24) is 24.9 Å². The lowest BCUT2D eigenvalue weighted by Gasteiger charge is -2.28. The molecule has 29 heavy (non-hydrogen) atoms. The molecule has 7 heteroatoms. The normalized spacial score (nSPS) is 18.1. The van der Waals surface area contributed by atoms with Crippen molar-refractivity contribution in [2.24, 2.45) is 7.05 Å². The highest BCUT2D eigenvalue weighted by Gasteiger charge is 2.33. The second kappa shape index (κ2) is 6.47. The molecule has 7 nitrogen and oxygen atoms in total. The molecule has 2 aromatic heterocycles. The van der Waals surface area contributed by atoms with E-state index in [2.05, 4.69) is 40.2 Å². The number of rotatable bonds is 2. The fourth-order valence-corrected chi connectivity index (χ4v) is 4.74. The van der Waals surface area contributed by atoms with Gasteiger partial charge in [0.05, 0.1) is 12.2 Å². The van der Waals surface area contributed by atoms with Crippen LogP contribution in [-0.2, 0) is 24.8 Å². The van der Waals surface area contributed by atoms with Gasteiger partial charge >= 0.3 is 0 Å². The van der Waals surface area contributed by atoms with Crippen LogP contribution in [0.2, 0.25) is 0 Å². The summed E-state index contributed by atoms with van der Waals surface area (Å²) < 4.78 is 1.99. The van der Waals surface area contributed by atoms with Gasteiger partial charge in [-0.05, 0) is 30.2 Å². The van der Waals surface area contributed by atoms with Crippen LogP contribution in [0.1, 0.15) is 42.3 Å². The van der Waals surface area contributed by atoms with Gasteiger partial charge < -0.3 is 9.80 Å². The molecular weight excluding hydrogens is 364 g/mol. The molecule has 0 spiro atoms. The summed E-state index contributed by atoms with van der Waals surface area (Å²) in [5.41, 5.74) is 8.31. The summed E-state index contributed by atoms with van der Waals surface area (Å²) in [6.45, 7) is 8.24. The van der Waals surface area contributed by atoms with Crippen molar-refractivity contribution >= 4 is 17.4 Å². The molecule has 150 valence electrons. The van der Waals surface area contributed by atoms with Gasteiger partial charge in [0.2, 0.25) is 5.91 Å². The Balaban J connectivity index is 1.56. The number of aromatic nitrogens is 4. The summed E-state index contributed by atoms with van der Waals surface area (Å²) in [6.07, 6.45) is 2.81. The third kappa shape index (κ3) is 2.75. The summed E-state index contributed by atoms with van der Waals surface area (Å²) in [5.74, 6) is 1.52. The topological polar surface area (TPSA) is 70.1 Å². The molecule has 1 N–H and O–H groups in total. The first-order chi connectivity index (χ1) is 13.9. The lowest BCUT2D eigenvalue weighted by molar-refractivity contribution is -0.129. The average Bonchev–Trinajstić information content (AvgIpc) is 3.37. The zero-order valence-electron chi connectivity index (χ0n) is 17.4. The average molecular weight is 390 g/mol. The summed E-state index contributed by atoms with van der Waals surface area (Å²) in [5, 5.41) is 12.1. The van der Waals surface area contributed by atoms with E-state index in [1.54, 1.807) is 6.92 Å². The molecule has 1 aromatic carbocycles. The fraction of sp³-hybridized carbons (Fsp3) is 0.409. The van der Waals surface area contributed by atoms with E-state index < -0.39 is 0 Å². The van der Waals surface area contributed by atoms with Crippen molar-refractivity contribution in [3.05, 3.63) is 46.9 Å². The number of benzene rings is 1. The number of hydrogen-bond donors (Lipinski definition) is 1. The minimum absolute atomic E-state index is 0.126. The van der Waals surface area contributed by atoms with Gasteiger partial charge in [-0.15, -0.1) is 0 Å². The van der Waals surface area contributed by atoms with Crippen LogP contribution in [0, 0.1) is 6.92 Å². The van der Waals surface area contributed by atoms with E-state index in [1.165, 1.54) is 28.1 Å². The number of amides is 1. The maximum Gasteiger partial charge on any atom is 0.219 e. The predicted molar refractivity (Wildman–Crippen MR) is 112 cm³/mol. The van der Waals surface area contributed by atoms with Crippen molar-refractivity contribution in [3.63, 3.8) is 0 Å². The highest BCUT2D eigenvalue weighted by molar-refractivity contribution is 5.78. The Morgan fingerprint density at radius 3 is 2.86 bits per heavy atom. The van der Waals surface area contributed by atoms with Crippen LogP contribution in [0.25, 0.3) is 11.1 Å². The number of anilines is 2. The van der Waals surface area contributed by atoms with Crippen LogP contribution in [0.15, 0.2) is 24.4 Å². The Bertz CT molecular complexity index is 1110. The first kappa shape index (κ1) is 18.0. The second-order valence-electron chi connectivity index (χ2n) is 8.23. The molecule has 1 atom stereocenters. The van der Waals surface area contributed by atoms with E-state index in [9.17, 15) is 4.79 Å². The monoisotopic (exact) mass is 390 g/mol. The van der Waals surface area contributed by atoms with Crippen molar-refractivity contribution in [2.45, 2.75) is 39.7 Å². The van der Waals surface area contributed by atoms with E-state index in [4.69, 9.17) is 5.10 Å². The summed E-state index contributed by atoms with van der Waals surface area (Å²) in [7, 11) is 2.01. The standard InChI is InChI=1S/C22H26N6O/c1-13-11-28(21-6-5-16(9-17(13)21)18-10-23-24-14(18)2)22-19-12-27(15(3)29)8-7-20(19)26(4)25-22/h5-6,9-10,13H,7-8,11-12H2,1-4H3,(H,23,24). The van der Waals surface area contributed by atoms with Gasteiger partial charge in [-0.25, -0.2) is 0 Å². The van der Waals surface area contributed by atoms with Gasteiger partial charge in [0.25, 0.3) is 0 Å². The summed E-state index contributed by atoms with van der Waals surface area (Å²) >= 11 is 0. The highest BCUT2D eigenvalue weighted by atomic mass is 16.2. The maximum absolute atomic E-state index is 12.0. The Labute approximate surface area is 170 Å². The van der Waals surface area contributed by atoms with Gasteiger partial charge in [-0.2, -0.15) is 10.2 Å². The number of aryl methyl sites for hydroxylation is 2. The van der Waals surface area contributed by atoms with Crippen molar-refractivity contribution in [3.8, 4) is 11.1 Å². The molecule has 0 saturated carbocycles. The highest BCUT2D eigenvalue weighted by Crippen LogP contribution is 2.44. The minimum atomic E-state index is 0.126. The van der Waals surface area contributed by atoms with E-state index in [0.717, 1.165) is 36.6 Å². The van der Waals surface area contributed by atoms with Crippen LogP contribution in [0.5, 0.6) is 0 Å². The van der Waals surface area contributed by atoms with Gasteiger partial charge in [-0.1, -0.05) is 13.0 Å². The minimum Gasteiger partial charge on any atom is -0.338 e. The van der Waals surface area contributed by atoms with E-state index in [-0.39, 0.29) is 5.91 Å². The molecule has 0 bridgehead atoms. The number of H-pyrrole nitrogens is 1. The third-order valence-electron chi connectivity index (χ3n) is 6.37. The summed E-state index contributed by atoms with van der Waals surface area (Å²) in [6, 6.07) is 6.65. The Morgan fingerprint density at radius 1 is 1.31 bits per heavy atom. The Hall–Kier alpha value is -3.09. The molecule has 0 fully saturated rings. The molecule has 2 aliphatic heterocycles. The molecule has 0 aliphatic carbocycles. The van der Waals surface area contributed by atoms with E-state index in [1.807, 2.05) is 29.7 Å². The SMILES string of the molecule is CC(=O)N1CCc2c(c(N3CC(C)c4cc(-c5c[nH]nc5C)ccc43)nn2C)C1. The van der Waals surface area contributed by atoms with Gasteiger partial charge in [0.1, 0.15) is 0 Å². The molecule has 0 saturated heterocycles. The molecule has 4 heterocycles. The molecule has 2 aliphatic rings.